The van der Waals surface area contributed by atoms with Crippen LogP contribution in [0.1, 0.15) is 41.0 Å². The topological polar surface area (TPSA) is 55.9 Å². The Hall–Kier alpha value is -1.14. The molecule has 1 N–H and O–H groups in total. The Morgan fingerprint density at radius 3 is 2.17 bits per heavy atom. The zero-order valence-corrected chi connectivity index (χ0v) is 14.7. The summed E-state index contributed by atoms with van der Waals surface area (Å²) in [6, 6.07) is 0.244. The first-order valence-corrected chi connectivity index (χ1v) is 9.14. The number of likely N-dealkylation sites (tertiary alicyclic amines) is 1. The van der Waals surface area contributed by atoms with Gasteiger partial charge in [0.05, 0.1) is 0 Å². The van der Waals surface area contributed by atoms with Crippen molar-refractivity contribution in [2.75, 3.05) is 52.4 Å². The summed E-state index contributed by atoms with van der Waals surface area (Å²) in [5, 5.41) is 3.03. The quantitative estimate of drug-likeness (QED) is 0.784. The van der Waals surface area contributed by atoms with E-state index in [-0.39, 0.29) is 19.3 Å². The number of rotatable bonds is 6. The molecule has 0 saturated carbocycles. The van der Waals surface area contributed by atoms with E-state index in [1.807, 2.05) is 11.8 Å². The number of amides is 2. The zero-order chi connectivity index (χ0) is 16.7. The third kappa shape index (κ3) is 5.77. The number of carbonyl (C=O) groups is 2. The first kappa shape index (κ1) is 18.2. The predicted molar refractivity (Wildman–Crippen MR) is 93.3 cm³/mol. The van der Waals surface area contributed by atoms with E-state index >= 15 is 0 Å². The number of hydrogen-bond donors (Lipinski definition) is 1. The van der Waals surface area contributed by atoms with E-state index in [0.717, 1.165) is 65.2 Å². The summed E-state index contributed by atoms with van der Waals surface area (Å²) < 4.78 is 0. The third-order valence-corrected chi connectivity index (χ3v) is 5.09. The fourth-order valence-corrected chi connectivity index (χ4v) is 3.34. The zero-order valence-electron chi connectivity index (χ0n) is 14.7. The first-order chi connectivity index (χ1) is 11.1. The Balaban J connectivity index is 0.00000288. The summed E-state index contributed by atoms with van der Waals surface area (Å²) in [6.45, 7) is 12.0. The summed E-state index contributed by atoms with van der Waals surface area (Å²) >= 11 is 0. The fraction of sp³-hybridized carbons (Fsp3) is 0.882. The molecule has 0 spiro atoms. The molecule has 6 heteroatoms. The highest BCUT2D eigenvalue weighted by Gasteiger charge is 2.24. The van der Waals surface area contributed by atoms with E-state index in [9.17, 15) is 9.59 Å². The van der Waals surface area contributed by atoms with Gasteiger partial charge >= 0.3 is 0 Å². The average Bonchev–Trinajstić information content (AvgIpc) is 2.60. The highest BCUT2D eigenvalue weighted by Crippen LogP contribution is 2.12. The Bertz CT molecular complexity index is 392. The number of hydrogen-bond acceptors (Lipinski definition) is 4. The number of nitrogens with zero attached hydrogens (tertiary/aromatic N) is 3. The van der Waals surface area contributed by atoms with Crippen molar-refractivity contribution < 1.29 is 11.0 Å². The van der Waals surface area contributed by atoms with Crippen LogP contribution in [0.3, 0.4) is 0 Å². The van der Waals surface area contributed by atoms with Crippen molar-refractivity contribution >= 4 is 11.8 Å². The number of nitrogens with one attached hydrogen (secondary N) is 1. The van der Waals surface area contributed by atoms with Gasteiger partial charge in [-0.3, -0.25) is 9.59 Å². The average molecular weight is 326 g/mol. The molecule has 2 fully saturated rings. The molecule has 0 aromatic carbocycles. The molecular formula is C17H34N4O2. The van der Waals surface area contributed by atoms with Gasteiger partial charge in [0, 0.05) is 66.1 Å². The fourth-order valence-electron chi connectivity index (χ4n) is 3.34. The number of piperidine rings is 1. The van der Waals surface area contributed by atoms with Gasteiger partial charge in [0.1, 0.15) is 0 Å². The van der Waals surface area contributed by atoms with Crippen LogP contribution in [0.15, 0.2) is 0 Å². The molecule has 0 aliphatic carbocycles. The first-order valence-electron chi connectivity index (χ1n) is 9.14. The van der Waals surface area contributed by atoms with Crippen LogP contribution in [0.5, 0.6) is 0 Å². The summed E-state index contributed by atoms with van der Waals surface area (Å²) in [5.41, 5.74) is 0. The van der Waals surface area contributed by atoms with Gasteiger partial charge in [-0.25, -0.2) is 0 Å². The molecule has 6 nitrogen and oxygen atoms in total. The van der Waals surface area contributed by atoms with Crippen LogP contribution in [-0.2, 0) is 9.59 Å². The van der Waals surface area contributed by atoms with Crippen molar-refractivity contribution in [3.05, 3.63) is 0 Å². The van der Waals surface area contributed by atoms with Crippen LogP contribution in [0, 0.1) is 0 Å². The van der Waals surface area contributed by atoms with Crippen molar-refractivity contribution in [3.63, 3.8) is 0 Å². The number of piperazine rings is 1. The maximum Gasteiger partial charge on any atom is 0.223 e. The van der Waals surface area contributed by atoms with Gasteiger partial charge in [-0.15, -0.1) is 0 Å². The predicted octanol–water partition coefficient (Wildman–Crippen LogP) is 0.777. The molecule has 2 amide bonds. The lowest BCUT2D eigenvalue weighted by molar-refractivity contribution is -0.132. The highest BCUT2D eigenvalue weighted by molar-refractivity contribution is 5.77. The van der Waals surface area contributed by atoms with Gasteiger partial charge in [0.2, 0.25) is 11.8 Å². The van der Waals surface area contributed by atoms with E-state index in [0.29, 0.717) is 12.8 Å². The Kier molecular flexibility index (Phi) is 7.30. The van der Waals surface area contributed by atoms with Crippen LogP contribution in [0.25, 0.3) is 0 Å². The lowest BCUT2D eigenvalue weighted by Crippen LogP contribution is -2.48. The Morgan fingerprint density at radius 2 is 1.61 bits per heavy atom. The molecule has 2 aliphatic heterocycles. The molecule has 134 valence electrons. The molecule has 0 aromatic rings. The Morgan fingerprint density at radius 1 is 1.00 bits per heavy atom. The van der Waals surface area contributed by atoms with E-state index in [4.69, 9.17) is 0 Å². The summed E-state index contributed by atoms with van der Waals surface area (Å²) in [5.74, 6) is 0.379. The second-order valence-corrected chi connectivity index (χ2v) is 6.60. The van der Waals surface area contributed by atoms with Gasteiger partial charge in [-0.2, -0.15) is 0 Å². The number of likely N-dealkylation sites (N-methyl/N-ethyl adjacent to an activating group) is 1. The maximum absolute atomic E-state index is 12.3. The van der Waals surface area contributed by atoms with Crippen molar-refractivity contribution in [3.8, 4) is 0 Å². The normalized spacial score (nSPS) is 21.4. The molecule has 23 heavy (non-hydrogen) atoms. The van der Waals surface area contributed by atoms with E-state index in [2.05, 4.69) is 22.0 Å². The lowest BCUT2D eigenvalue weighted by Gasteiger charge is -2.35. The van der Waals surface area contributed by atoms with Crippen LogP contribution in [0.2, 0.25) is 0 Å². The van der Waals surface area contributed by atoms with Gasteiger partial charge in [-0.05, 0) is 19.4 Å². The van der Waals surface area contributed by atoms with Crippen LogP contribution >= 0.6 is 0 Å². The van der Waals surface area contributed by atoms with E-state index < -0.39 is 0 Å². The molecule has 2 aliphatic rings. The standard InChI is InChI=1S/C17H32N4O2.H2/c1-3-16(22)18-15-5-9-21(10-6-15)17(23)7-8-20-13-11-19(4-2)12-14-20;/h15H,3-14H2,1-2H3,(H,18,22);1H. The molecule has 0 radical (unpaired) electrons. The molecule has 2 saturated heterocycles. The molecule has 0 atom stereocenters. The smallest absolute Gasteiger partial charge is 0.223 e. The van der Waals surface area contributed by atoms with Crippen molar-refractivity contribution in [1.82, 2.24) is 20.0 Å². The van der Waals surface area contributed by atoms with Crippen molar-refractivity contribution in [2.45, 2.75) is 45.6 Å². The van der Waals surface area contributed by atoms with Crippen molar-refractivity contribution in [2.24, 2.45) is 0 Å². The van der Waals surface area contributed by atoms with Crippen molar-refractivity contribution in [1.29, 1.82) is 0 Å². The molecule has 2 heterocycles. The third-order valence-electron chi connectivity index (χ3n) is 5.09. The van der Waals surface area contributed by atoms with Crippen LogP contribution in [-0.4, -0.2) is 84.9 Å². The van der Waals surface area contributed by atoms with Gasteiger partial charge in [-0.1, -0.05) is 13.8 Å². The van der Waals surface area contributed by atoms with Gasteiger partial charge in [0.25, 0.3) is 0 Å². The number of carbonyl (C=O) groups excluding carboxylic acids is 2. The molecule has 2 rings (SSSR count). The second kappa shape index (κ2) is 9.23. The lowest BCUT2D eigenvalue weighted by atomic mass is 10.0. The maximum atomic E-state index is 12.3. The summed E-state index contributed by atoms with van der Waals surface area (Å²) in [4.78, 5) is 30.6. The highest BCUT2D eigenvalue weighted by atomic mass is 16.2. The molecule has 0 bridgehead atoms. The minimum absolute atomic E-state index is 0. The SMILES string of the molecule is CCC(=O)NC1CCN(C(=O)CCN2CCN(CC)CC2)CC1.[HH]. The molecular weight excluding hydrogens is 292 g/mol. The summed E-state index contributed by atoms with van der Waals surface area (Å²) in [6.07, 6.45) is 2.92. The summed E-state index contributed by atoms with van der Waals surface area (Å²) in [7, 11) is 0. The van der Waals surface area contributed by atoms with Crippen LogP contribution in [0.4, 0.5) is 0 Å². The molecule has 0 aromatic heterocycles. The Labute approximate surface area is 141 Å². The van der Waals surface area contributed by atoms with Gasteiger partial charge in [0.15, 0.2) is 0 Å². The monoisotopic (exact) mass is 326 g/mol. The molecule has 0 unspecified atom stereocenters. The van der Waals surface area contributed by atoms with Gasteiger partial charge < -0.3 is 20.0 Å². The largest absolute Gasteiger partial charge is 0.353 e. The minimum atomic E-state index is 0. The van der Waals surface area contributed by atoms with E-state index in [1.165, 1.54) is 0 Å². The van der Waals surface area contributed by atoms with Crippen LogP contribution < -0.4 is 5.32 Å². The minimum Gasteiger partial charge on any atom is -0.353 e. The van der Waals surface area contributed by atoms with E-state index in [1.54, 1.807) is 0 Å². The second-order valence-electron chi connectivity index (χ2n) is 6.60.